The topological polar surface area (TPSA) is 49.4 Å². The summed E-state index contributed by atoms with van der Waals surface area (Å²) in [5.41, 5.74) is 2.58. The predicted octanol–water partition coefficient (Wildman–Crippen LogP) is 4.66. The van der Waals surface area contributed by atoms with Gasteiger partial charge in [0.05, 0.1) is 5.92 Å². The molecule has 1 heterocycles. The minimum Gasteiger partial charge on any atom is -0.326 e. The zero-order chi connectivity index (χ0) is 18.0. The number of amides is 2. The van der Waals surface area contributed by atoms with Crippen LogP contribution in [-0.2, 0) is 16.0 Å². The molecule has 1 aliphatic rings. The summed E-state index contributed by atoms with van der Waals surface area (Å²) >= 11 is 9.44. The molecule has 1 saturated heterocycles. The highest BCUT2D eigenvalue weighted by molar-refractivity contribution is 9.10. The van der Waals surface area contributed by atoms with Gasteiger partial charge < -0.3 is 10.2 Å². The highest BCUT2D eigenvalue weighted by atomic mass is 79.9. The third kappa shape index (κ3) is 4.05. The third-order valence-corrected chi connectivity index (χ3v) is 5.05. The Labute approximate surface area is 160 Å². The van der Waals surface area contributed by atoms with Crippen LogP contribution in [0.5, 0.6) is 0 Å². The van der Waals surface area contributed by atoms with Crippen molar-refractivity contribution in [3.63, 3.8) is 0 Å². The van der Waals surface area contributed by atoms with Gasteiger partial charge in [-0.2, -0.15) is 0 Å². The van der Waals surface area contributed by atoms with E-state index in [1.54, 1.807) is 23.1 Å². The summed E-state index contributed by atoms with van der Waals surface area (Å²) in [7, 11) is 0. The van der Waals surface area contributed by atoms with Crippen molar-refractivity contribution >= 4 is 50.7 Å². The lowest BCUT2D eigenvalue weighted by atomic mass is 10.1. The summed E-state index contributed by atoms with van der Waals surface area (Å²) in [4.78, 5) is 26.6. The molecule has 6 heteroatoms. The second-order valence-corrected chi connectivity index (χ2v) is 7.38. The van der Waals surface area contributed by atoms with E-state index in [0.29, 0.717) is 11.6 Å². The van der Waals surface area contributed by atoms with Crippen LogP contribution in [0.25, 0.3) is 0 Å². The average Bonchev–Trinajstić information content (AvgIpc) is 2.98. The first kappa shape index (κ1) is 18.0. The maximum Gasteiger partial charge on any atom is 0.229 e. The zero-order valence-electron chi connectivity index (χ0n) is 13.8. The van der Waals surface area contributed by atoms with Crippen molar-refractivity contribution < 1.29 is 9.59 Å². The van der Waals surface area contributed by atoms with Crippen LogP contribution in [0.1, 0.15) is 18.9 Å². The van der Waals surface area contributed by atoms with Gasteiger partial charge in [0.2, 0.25) is 11.8 Å². The van der Waals surface area contributed by atoms with Crippen molar-refractivity contribution in [3.8, 4) is 0 Å². The number of benzene rings is 2. The van der Waals surface area contributed by atoms with Crippen LogP contribution in [0.15, 0.2) is 46.9 Å². The number of anilines is 2. The molecule has 1 N–H and O–H groups in total. The smallest absolute Gasteiger partial charge is 0.229 e. The van der Waals surface area contributed by atoms with Gasteiger partial charge in [-0.3, -0.25) is 9.59 Å². The minimum absolute atomic E-state index is 0.0612. The molecule has 25 heavy (non-hydrogen) atoms. The Balaban J connectivity index is 1.73. The molecule has 1 fully saturated rings. The number of carbonyl (C=O) groups excluding carboxylic acids is 2. The van der Waals surface area contributed by atoms with Crippen LogP contribution in [0.3, 0.4) is 0 Å². The molecule has 0 aliphatic carbocycles. The predicted molar refractivity (Wildman–Crippen MR) is 104 cm³/mol. The second-order valence-electron chi connectivity index (χ2n) is 6.03. The van der Waals surface area contributed by atoms with Crippen molar-refractivity contribution in [2.45, 2.75) is 19.8 Å². The Morgan fingerprint density at radius 1 is 1.32 bits per heavy atom. The lowest BCUT2D eigenvalue weighted by Gasteiger charge is -2.17. The molecule has 1 aliphatic heterocycles. The van der Waals surface area contributed by atoms with E-state index in [1.165, 1.54) is 0 Å². The van der Waals surface area contributed by atoms with Crippen LogP contribution in [-0.4, -0.2) is 18.4 Å². The Morgan fingerprint density at radius 3 is 2.84 bits per heavy atom. The molecule has 1 atom stereocenters. The molecule has 130 valence electrons. The monoisotopic (exact) mass is 420 g/mol. The second kappa shape index (κ2) is 7.58. The van der Waals surface area contributed by atoms with Crippen molar-refractivity contribution in [2.24, 2.45) is 5.92 Å². The molecule has 0 radical (unpaired) electrons. The first-order chi connectivity index (χ1) is 12.0. The molecule has 2 aromatic carbocycles. The number of nitrogens with one attached hydrogen (secondary N) is 1. The molecule has 2 aromatic rings. The van der Waals surface area contributed by atoms with Gasteiger partial charge in [-0.05, 0) is 48.4 Å². The molecule has 0 spiro atoms. The van der Waals surface area contributed by atoms with Crippen molar-refractivity contribution in [3.05, 3.63) is 57.5 Å². The largest absolute Gasteiger partial charge is 0.326 e. The fraction of sp³-hybridized carbons (Fsp3) is 0.263. The van der Waals surface area contributed by atoms with E-state index in [-0.39, 0.29) is 24.2 Å². The lowest BCUT2D eigenvalue weighted by molar-refractivity contribution is -0.122. The van der Waals surface area contributed by atoms with E-state index in [1.807, 2.05) is 31.2 Å². The van der Waals surface area contributed by atoms with E-state index in [2.05, 4.69) is 21.2 Å². The minimum atomic E-state index is -0.375. The van der Waals surface area contributed by atoms with Crippen LogP contribution in [0.2, 0.25) is 5.02 Å². The van der Waals surface area contributed by atoms with Crippen LogP contribution >= 0.6 is 27.5 Å². The Morgan fingerprint density at radius 2 is 2.12 bits per heavy atom. The molecular weight excluding hydrogens is 404 g/mol. The summed E-state index contributed by atoms with van der Waals surface area (Å²) < 4.78 is 0.977. The number of hydrogen-bond donors (Lipinski definition) is 1. The number of rotatable bonds is 4. The zero-order valence-corrected chi connectivity index (χ0v) is 16.1. The van der Waals surface area contributed by atoms with E-state index in [9.17, 15) is 9.59 Å². The van der Waals surface area contributed by atoms with E-state index < -0.39 is 0 Å². The fourth-order valence-corrected chi connectivity index (χ4v) is 3.58. The van der Waals surface area contributed by atoms with Gasteiger partial charge in [0, 0.05) is 33.8 Å². The van der Waals surface area contributed by atoms with Crippen molar-refractivity contribution in [2.75, 3.05) is 16.8 Å². The summed E-state index contributed by atoms with van der Waals surface area (Å²) in [6, 6.07) is 12.9. The van der Waals surface area contributed by atoms with E-state index in [0.717, 1.165) is 27.8 Å². The maximum absolute atomic E-state index is 12.6. The van der Waals surface area contributed by atoms with Gasteiger partial charge in [-0.25, -0.2) is 0 Å². The standard InChI is InChI=1S/C19H18BrClN2O2/c1-2-12-8-14(20)6-7-17(12)22-19(25)13-9-18(24)23(11-13)16-5-3-4-15(21)10-16/h3-8,10,13H,2,9,11H2,1H3,(H,22,25)/t13-/m1/s1. The Kier molecular flexibility index (Phi) is 5.45. The number of nitrogens with zero attached hydrogens (tertiary/aromatic N) is 1. The third-order valence-electron chi connectivity index (χ3n) is 4.32. The van der Waals surface area contributed by atoms with Crippen LogP contribution in [0.4, 0.5) is 11.4 Å². The van der Waals surface area contributed by atoms with Gasteiger partial charge in [0.15, 0.2) is 0 Å². The average molecular weight is 422 g/mol. The van der Waals surface area contributed by atoms with Crippen molar-refractivity contribution in [1.29, 1.82) is 0 Å². The number of aryl methyl sites for hydroxylation is 1. The van der Waals surface area contributed by atoms with Gasteiger partial charge in [0.1, 0.15) is 0 Å². The van der Waals surface area contributed by atoms with Gasteiger partial charge in [0.25, 0.3) is 0 Å². The molecule has 0 saturated carbocycles. The summed E-state index contributed by atoms with van der Waals surface area (Å²) in [6.07, 6.45) is 1.02. The Hall–Kier alpha value is -1.85. The van der Waals surface area contributed by atoms with Crippen LogP contribution < -0.4 is 10.2 Å². The lowest BCUT2D eigenvalue weighted by Crippen LogP contribution is -2.28. The molecule has 2 amide bonds. The first-order valence-corrected chi connectivity index (χ1v) is 9.30. The summed E-state index contributed by atoms with van der Waals surface area (Å²) in [6.45, 7) is 2.40. The molecule has 0 aromatic heterocycles. The SMILES string of the molecule is CCc1cc(Br)ccc1NC(=O)[C@@H]1CC(=O)N(c2cccc(Cl)c2)C1. The molecule has 0 bridgehead atoms. The van der Waals surface area contributed by atoms with E-state index >= 15 is 0 Å². The van der Waals surface area contributed by atoms with E-state index in [4.69, 9.17) is 11.6 Å². The van der Waals surface area contributed by atoms with Gasteiger partial charge in [-0.1, -0.05) is 40.5 Å². The molecule has 4 nitrogen and oxygen atoms in total. The normalized spacial score (nSPS) is 17.0. The summed E-state index contributed by atoms with van der Waals surface area (Å²) in [5.74, 6) is -0.566. The first-order valence-electron chi connectivity index (χ1n) is 8.13. The van der Waals surface area contributed by atoms with Crippen molar-refractivity contribution in [1.82, 2.24) is 0 Å². The summed E-state index contributed by atoms with van der Waals surface area (Å²) in [5, 5.41) is 3.54. The molecular formula is C19H18BrClN2O2. The fourth-order valence-electron chi connectivity index (χ4n) is 2.99. The highest BCUT2D eigenvalue weighted by Crippen LogP contribution is 2.29. The molecule has 0 unspecified atom stereocenters. The number of halogens is 2. The highest BCUT2D eigenvalue weighted by Gasteiger charge is 2.35. The number of carbonyl (C=O) groups is 2. The van der Waals surface area contributed by atoms with Crippen LogP contribution in [0, 0.1) is 5.92 Å². The van der Waals surface area contributed by atoms with Gasteiger partial charge in [-0.15, -0.1) is 0 Å². The number of hydrogen-bond acceptors (Lipinski definition) is 2. The maximum atomic E-state index is 12.6. The Bertz CT molecular complexity index is 825. The van der Waals surface area contributed by atoms with Gasteiger partial charge >= 0.3 is 0 Å². The molecule has 3 rings (SSSR count). The quantitative estimate of drug-likeness (QED) is 0.781.